The molecule has 1 amide bonds. The van der Waals surface area contributed by atoms with Gasteiger partial charge >= 0.3 is 0 Å². The number of benzene rings is 1. The number of hydrogen-bond acceptors (Lipinski definition) is 1. The van der Waals surface area contributed by atoms with Gasteiger partial charge in [0.25, 0.3) is 5.91 Å². The van der Waals surface area contributed by atoms with Gasteiger partial charge in [0.1, 0.15) is 5.69 Å². The van der Waals surface area contributed by atoms with Crippen LogP contribution in [-0.4, -0.2) is 17.4 Å². The van der Waals surface area contributed by atoms with Crippen LogP contribution in [0.4, 0.5) is 0 Å². The van der Waals surface area contributed by atoms with Crippen LogP contribution in [0, 0.1) is 0 Å². The summed E-state index contributed by atoms with van der Waals surface area (Å²) >= 11 is 5.78. The van der Waals surface area contributed by atoms with E-state index in [2.05, 4.69) is 29.4 Å². The van der Waals surface area contributed by atoms with Crippen molar-refractivity contribution >= 4 is 17.5 Å². The SMILES string of the molecule is CCC(CNC(=O)c1cc(Cl)c[nH]1)c1ccccc1. The molecule has 1 atom stereocenters. The summed E-state index contributed by atoms with van der Waals surface area (Å²) in [4.78, 5) is 14.8. The molecule has 100 valence electrons. The molecule has 0 saturated heterocycles. The van der Waals surface area contributed by atoms with Gasteiger partial charge < -0.3 is 10.3 Å². The molecule has 1 aromatic carbocycles. The Labute approximate surface area is 118 Å². The van der Waals surface area contributed by atoms with Gasteiger partial charge in [-0.05, 0) is 18.1 Å². The van der Waals surface area contributed by atoms with Crippen molar-refractivity contribution in [3.05, 3.63) is 58.9 Å². The summed E-state index contributed by atoms with van der Waals surface area (Å²) < 4.78 is 0. The van der Waals surface area contributed by atoms with Gasteiger partial charge in [-0.1, -0.05) is 48.9 Å². The van der Waals surface area contributed by atoms with Crippen molar-refractivity contribution in [2.45, 2.75) is 19.3 Å². The standard InChI is InChI=1S/C15H17ClN2O/c1-2-11(12-6-4-3-5-7-12)9-18-15(19)14-8-13(16)10-17-14/h3-8,10-11,17H,2,9H2,1H3,(H,18,19). The quantitative estimate of drug-likeness (QED) is 0.861. The van der Waals surface area contributed by atoms with Crippen molar-refractivity contribution in [1.82, 2.24) is 10.3 Å². The summed E-state index contributed by atoms with van der Waals surface area (Å²) in [6.07, 6.45) is 2.58. The fraction of sp³-hybridized carbons (Fsp3) is 0.267. The van der Waals surface area contributed by atoms with E-state index < -0.39 is 0 Å². The predicted octanol–water partition coefficient (Wildman–Crippen LogP) is 3.59. The zero-order valence-corrected chi connectivity index (χ0v) is 11.6. The van der Waals surface area contributed by atoms with E-state index in [4.69, 9.17) is 11.6 Å². The van der Waals surface area contributed by atoms with E-state index in [1.165, 1.54) is 5.56 Å². The van der Waals surface area contributed by atoms with Gasteiger partial charge in [0.05, 0.1) is 5.02 Å². The first kappa shape index (κ1) is 13.7. The number of halogens is 1. The highest BCUT2D eigenvalue weighted by molar-refractivity contribution is 6.30. The van der Waals surface area contributed by atoms with Crippen LogP contribution in [0.1, 0.15) is 35.3 Å². The Morgan fingerprint density at radius 3 is 2.68 bits per heavy atom. The van der Waals surface area contributed by atoms with E-state index in [1.54, 1.807) is 12.3 Å². The second-order valence-corrected chi connectivity index (χ2v) is 4.89. The number of rotatable bonds is 5. The van der Waals surface area contributed by atoms with Crippen LogP contribution in [0.2, 0.25) is 5.02 Å². The van der Waals surface area contributed by atoms with Crippen LogP contribution in [0.15, 0.2) is 42.6 Å². The Morgan fingerprint density at radius 1 is 1.37 bits per heavy atom. The fourth-order valence-corrected chi connectivity index (χ4v) is 2.20. The van der Waals surface area contributed by atoms with Crippen LogP contribution in [0.5, 0.6) is 0 Å². The van der Waals surface area contributed by atoms with Crippen LogP contribution >= 0.6 is 11.6 Å². The summed E-state index contributed by atoms with van der Waals surface area (Å²) in [7, 11) is 0. The molecule has 3 nitrogen and oxygen atoms in total. The monoisotopic (exact) mass is 276 g/mol. The molecule has 19 heavy (non-hydrogen) atoms. The fourth-order valence-electron chi connectivity index (χ4n) is 2.03. The lowest BCUT2D eigenvalue weighted by Crippen LogP contribution is -2.28. The Hall–Kier alpha value is -1.74. The molecule has 0 saturated carbocycles. The third-order valence-corrected chi connectivity index (χ3v) is 3.38. The van der Waals surface area contributed by atoms with Crippen LogP contribution < -0.4 is 5.32 Å². The number of aromatic nitrogens is 1. The zero-order chi connectivity index (χ0) is 13.7. The van der Waals surface area contributed by atoms with E-state index in [9.17, 15) is 4.79 Å². The van der Waals surface area contributed by atoms with Crippen molar-refractivity contribution in [2.24, 2.45) is 0 Å². The summed E-state index contributed by atoms with van der Waals surface area (Å²) in [5.74, 6) is 0.205. The highest BCUT2D eigenvalue weighted by Crippen LogP contribution is 2.18. The maximum atomic E-state index is 11.9. The molecule has 1 heterocycles. The third kappa shape index (κ3) is 3.61. The summed E-state index contributed by atoms with van der Waals surface area (Å²) in [5.41, 5.74) is 1.74. The van der Waals surface area contributed by atoms with E-state index in [0.29, 0.717) is 23.2 Å². The molecule has 1 unspecified atom stereocenters. The highest BCUT2D eigenvalue weighted by atomic mass is 35.5. The third-order valence-electron chi connectivity index (χ3n) is 3.17. The van der Waals surface area contributed by atoms with Gasteiger partial charge in [0.2, 0.25) is 0 Å². The molecule has 2 rings (SSSR count). The van der Waals surface area contributed by atoms with Gasteiger partial charge in [-0.2, -0.15) is 0 Å². The van der Waals surface area contributed by atoms with Crippen molar-refractivity contribution in [3.8, 4) is 0 Å². The molecule has 0 aliphatic heterocycles. The molecule has 2 N–H and O–H groups in total. The van der Waals surface area contributed by atoms with Gasteiger partial charge in [-0.3, -0.25) is 4.79 Å². The smallest absolute Gasteiger partial charge is 0.267 e. The molecule has 2 aromatic rings. The molecule has 0 fully saturated rings. The van der Waals surface area contributed by atoms with Crippen molar-refractivity contribution in [1.29, 1.82) is 0 Å². The predicted molar refractivity (Wildman–Crippen MR) is 77.6 cm³/mol. The van der Waals surface area contributed by atoms with Gasteiger partial charge in [-0.25, -0.2) is 0 Å². The first-order valence-electron chi connectivity index (χ1n) is 6.37. The minimum Gasteiger partial charge on any atom is -0.356 e. The van der Waals surface area contributed by atoms with Crippen molar-refractivity contribution < 1.29 is 4.79 Å². The molecule has 0 aliphatic rings. The van der Waals surface area contributed by atoms with Gasteiger partial charge in [0.15, 0.2) is 0 Å². The number of carbonyl (C=O) groups excluding carboxylic acids is 1. The number of amides is 1. The average molecular weight is 277 g/mol. The van der Waals surface area contributed by atoms with E-state index in [-0.39, 0.29) is 5.91 Å². The summed E-state index contributed by atoms with van der Waals surface area (Å²) in [6, 6.07) is 11.8. The summed E-state index contributed by atoms with van der Waals surface area (Å²) in [5, 5.41) is 3.47. The Balaban J connectivity index is 1.95. The maximum absolute atomic E-state index is 11.9. The molecule has 0 radical (unpaired) electrons. The Morgan fingerprint density at radius 2 is 2.11 bits per heavy atom. The van der Waals surface area contributed by atoms with Crippen LogP contribution in [0.3, 0.4) is 0 Å². The lowest BCUT2D eigenvalue weighted by atomic mass is 9.96. The molecule has 0 aliphatic carbocycles. The number of nitrogens with one attached hydrogen (secondary N) is 2. The zero-order valence-electron chi connectivity index (χ0n) is 10.8. The molecular weight excluding hydrogens is 260 g/mol. The van der Waals surface area contributed by atoms with Crippen LogP contribution in [-0.2, 0) is 0 Å². The Kier molecular flexibility index (Phi) is 4.63. The van der Waals surface area contributed by atoms with E-state index in [1.807, 2.05) is 18.2 Å². The van der Waals surface area contributed by atoms with Crippen molar-refractivity contribution in [2.75, 3.05) is 6.54 Å². The number of aromatic amines is 1. The lowest BCUT2D eigenvalue weighted by Gasteiger charge is -2.15. The second kappa shape index (κ2) is 6.43. The van der Waals surface area contributed by atoms with Gasteiger partial charge in [-0.15, -0.1) is 0 Å². The maximum Gasteiger partial charge on any atom is 0.267 e. The second-order valence-electron chi connectivity index (χ2n) is 4.46. The average Bonchev–Trinajstić information content (AvgIpc) is 2.87. The van der Waals surface area contributed by atoms with Gasteiger partial charge in [0, 0.05) is 18.7 Å². The Bertz CT molecular complexity index is 536. The molecule has 4 heteroatoms. The normalized spacial score (nSPS) is 12.1. The molecule has 0 spiro atoms. The summed E-state index contributed by atoms with van der Waals surface area (Å²) in [6.45, 7) is 2.74. The first-order valence-corrected chi connectivity index (χ1v) is 6.75. The van der Waals surface area contributed by atoms with E-state index >= 15 is 0 Å². The van der Waals surface area contributed by atoms with Crippen molar-refractivity contribution in [3.63, 3.8) is 0 Å². The molecular formula is C15H17ClN2O. The molecule has 1 aromatic heterocycles. The highest BCUT2D eigenvalue weighted by Gasteiger charge is 2.12. The number of hydrogen-bond donors (Lipinski definition) is 2. The minimum atomic E-state index is -0.124. The largest absolute Gasteiger partial charge is 0.356 e. The van der Waals surface area contributed by atoms with E-state index in [0.717, 1.165) is 6.42 Å². The minimum absolute atomic E-state index is 0.124. The first-order chi connectivity index (χ1) is 9.20. The lowest BCUT2D eigenvalue weighted by molar-refractivity contribution is 0.0946. The topological polar surface area (TPSA) is 44.9 Å². The number of H-pyrrole nitrogens is 1. The molecule has 0 bridgehead atoms. The van der Waals surface area contributed by atoms with Crippen LogP contribution in [0.25, 0.3) is 0 Å². The number of carbonyl (C=O) groups is 1.